The number of halogens is 1. The molecule has 0 bridgehead atoms. The third kappa shape index (κ3) is 4.01. The first-order chi connectivity index (χ1) is 13.1. The molecule has 0 aromatic heterocycles. The number of amides is 2. The summed E-state index contributed by atoms with van der Waals surface area (Å²) in [6, 6.07) is 16.0. The molecular formula is C22H23ClN2O2. The van der Waals surface area contributed by atoms with Crippen molar-refractivity contribution >= 4 is 23.4 Å². The Bertz CT molecular complexity index is 850. The number of fused-ring (bicyclic) bond motifs is 1. The molecule has 2 amide bonds. The molecule has 0 saturated carbocycles. The molecule has 1 fully saturated rings. The van der Waals surface area contributed by atoms with Gasteiger partial charge in [-0.3, -0.25) is 9.59 Å². The molecule has 4 nitrogen and oxygen atoms in total. The molecule has 0 N–H and O–H groups in total. The monoisotopic (exact) mass is 382 g/mol. The molecular weight excluding hydrogens is 360 g/mol. The first-order valence-electron chi connectivity index (χ1n) is 9.48. The minimum Gasteiger partial charge on any atom is -0.342 e. The van der Waals surface area contributed by atoms with E-state index in [2.05, 4.69) is 12.1 Å². The maximum absolute atomic E-state index is 12.9. The normalized spacial score (nSPS) is 19.3. The van der Waals surface area contributed by atoms with Gasteiger partial charge >= 0.3 is 0 Å². The Kier molecular flexibility index (Phi) is 5.17. The van der Waals surface area contributed by atoms with Crippen molar-refractivity contribution in [1.29, 1.82) is 0 Å². The van der Waals surface area contributed by atoms with Gasteiger partial charge in [0.2, 0.25) is 11.8 Å². The van der Waals surface area contributed by atoms with Gasteiger partial charge < -0.3 is 9.80 Å². The van der Waals surface area contributed by atoms with E-state index >= 15 is 0 Å². The first-order valence-corrected chi connectivity index (χ1v) is 9.86. The molecule has 2 aromatic rings. The highest BCUT2D eigenvalue weighted by Crippen LogP contribution is 2.25. The quantitative estimate of drug-likeness (QED) is 0.813. The van der Waals surface area contributed by atoms with Gasteiger partial charge in [-0.25, -0.2) is 0 Å². The number of hydrogen-bond donors (Lipinski definition) is 0. The van der Waals surface area contributed by atoms with Crippen LogP contribution in [0.4, 0.5) is 0 Å². The van der Waals surface area contributed by atoms with Crippen molar-refractivity contribution < 1.29 is 9.59 Å². The molecule has 0 spiro atoms. The van der Waals surface area contributed by atoms with Crippen LogP contribution in [-0.2, 0) is 29.0 Å². The van der Waals surface area contributed by atoms with Gasteiger partial charge in [0, 0.05) is 37.6 Å². The summed E-state index contributed by atoms with van der Waals surface area (Å²) in [6.45, 7) is 2.58. The first kappa shape index (κ1) is 18.1. The third-order valence-electron chi connectivity index (χ3n) is 5.59. The zero-order chi connectivity index (χ0) is 18.8. The fourth-order valence-electron chi connectivity index (χ4n) is 4.01. The smallest absolute Gasteiger partial charge is 0.228 e. The highest BCUT2D eigenvalue weighted by molar-refractivity contribution is 6.30. The average Bonchev–Trinajstić information content (AvgIpc) is 3.07. The molecule has 1 atom stereocenters. The van der Waals surface area contributed by atoms with Crippen LogP contribution in [-0.4, -0.2) is 41.2 Å². The molecule has 1 saturated heterocycles. The van der Waals surface area contributed by atoms with Crippen molar-refractivity contribution in [3.63, 3.8) is 0 Å². The van der Waals surface area contributed by atoms with Crippen molar-refractivity contribution in [2.45, 2.75) is 25.8 Å². The van der Waals surface area contributed by atoms with Crippen molar-refractivity contribution in [3.8, 4) is 0 Å². The number of benzene rings is 2. The van der Waals surface area contributed by atoms with Gasteiger partial charge in [-0.2, -0.15) is 0 Å². The second kappa shape index (κ2) is 7.73. The number of likely N-dealkylation sites (tertiary alicyclic amines) is 1. The minimum absolute atomic E-state index is 0.0831. The molecule has 2 aliphatic heterocycles. The van der Waals surface area contributed by atoms with Crippen LogP contribution in [0.25, 0.3) is 0 Å². The van der Waals surface area contributed by atoms with Crippen LogP contribution in [0.3, 0.4) is 0 Å². The zero-order valence-corrected chi connectivity index (χ0v) is 16.0. The minimum atomic E-state index is -0.215. The number of nitrogens with zero attached hydrogens (tertiary/aromatic N) is 2. The predicted molar refractivity (Wildman–Crippen MR) is 105 cm³/mol. The van der Waals surface area contributed by atoms with Crippen LogP contribution in [0, 0.1) is 5.92 Å². The summed E-state index contributed by atoms with van der Waals surface area (Å²) in [6.07, 6.45) is 2.00. The Balaban J connectivity index is 1.34. The standard InChI is InChI=1S/C22H23ClN2O2/c23-20-7-5-16(6-8-20)9-11-24-15-19(13-21(24)26)22(27)25-12-10-17-3-1-2-4-18(17)14-25/h1-8,19H,9-15H2. The topological polar surface area (TPSA) is 40.6 Å². The van der Waals surface area contributed by atoms with Gasteiger partial charge in [-0.1, -0.05) is 48.0 Å². The van der Waals surface area contributed by atoms with E-state index in [4.69, 9.17) is 11.6 Å². The van der Waals surface area contributed by atoms with Crippen molar-refractivity contribution in [2.75, 3.05) is 19.6 Å². The van der Waals surface area contributed by atoms with Crippen LogP contribution in [0.5, 0.6) is 0 Å². The summed E-state index contributed by atoms with van der Waals surface area (Å²) in [7, 11) is 0. The Labute approximate surface area is 164 Å². The van der Waals surface area contributed by atoms with Crippen LogP contribution in [0.1, 0.15) is 23.1 Å². The maximum atomic E-state index is 12.9. The van der Waals surface area contributed by atoms with Crippen molar-refractivity contribution in [3.05, 3.63) is 70.2 Å². The van der Waals surface area contributed by atoms with E-state index in [9.17, 15) is 9.59 Å². The van der Waals surface area contributed by atoms with E-state index in [1.807, 2.05) is 46.2 Å². The number of carbonyl (C=O) groups excluding carboxylic acids is 2. The van der Waals surface area contributed by atoms with E-state index in [-0.39, 0.29) is 17.7 Å². The summed E-state index contributed by atoms with van der Waals surface area (Å²) in [5.74, 6) is -0.0143. The molecule has 4 rings (SSSR count). The van der Waals surface area contributed by atoms with E-state index in [0.29, 0.717) is 31.1 Å². The SMILES string of the molecule is O=C1CC(C(=O)N2CCc3ccccc3C2)CN1CCc1ccc(Cl)cc1. The lowest BCUT2D eigenvalue weighted by molar-refractivity contribution is -0.136. The van der Waals surface area contributed by atoms with Crippen LogP contribution in [0.2, 0.25) is 5.02 Å². The van der Waals surface area contributed by atoms with Gasteiger partial charge in [0.1, 0.15) is 0 Å². The maximum Gasteiger partial charge on any atom is 0.228 e. The van der Waals surface area contributed by atoms with Gasteiger partial charge in [-0.05, 0) is 41.7 Å². The molecule has 2 aliphatic rings. The molecule has 2 heterocycles. The molecule has 0 radical (unpaired) electrons. The fraction of sp³-hybridized carbons (Fsp3) is 0.364. The second-order valence-corrected chi connectivity index (χ2v) is 7.83. The lowest BCUT2D eigenvalue weighted by Gasteiger charge is -2.30. The molecule has 1 unspecified atom stereocenters. The summed E-state index contributed by atoms with van der Waals surface area (Å²) < 4.78 is 0. The lowest BCUT2D eigenvalue weighted by Crippen LogP contribution is -2.40. The van der Waals surface area contributed by atoms with Gasteiger partial charge in [0.25, 0.3) is 0 Å². The van der Waals surface area contributed by atoms with Crippen molar-refractivity contribution in [2.24, 2.45) is 5.92 Å². The number of rotatable bonds is 4. The Morgan fingerprint density at radius 3 is 2.59 bits per heavy atom. The van der Waals surface area contributed by atoms with Gasteiger partial charge in [0.05, 0.1) is 5.92 Å². The van der Waals surface area contributed by atoms with E-state index in [1.54, 1.807) is 0 Å². The number of hydrogen-bond acceptors (Lipinski definition) is 2. The van der Waals surface area contributed by atoms with Crippen LogP contribution < -0.4 is 0 Å². The predicted octanol–water partition coefficient (Wildman–Crippen LogP) is 3.32. The Morgan fingerprint density at radius 2 is 1.81 bits per heavy atom. The summed E-state index contributed by atoms with van der Waals surface area (Å²) in [5.41, 5.74) is 3.70. The molecule has 0 aliphatic carbocycles. The van der Waals surface area contributed by atoms with Crippen LogP contribution >= 0.6 is 11.6 Å². The van der Waals surface area contributed by atoms with E-state index in [0.717, 1.165) is 24.9 Å². The summed E-state index contributed by atoms with van der Waals surface area (Å²) >= 11 is 5.91. The van der Waals surface area contributed by atoms with E-state index in [1.165, 1.54) is 11.1 Å². The fourth-order valence-corrected chi connectivity index (χ4v) is 4.14. The molecule has 2 aromatic carbocycles. The molecule has 5 heteroatoms. The van der Waals surface area contributed by atoms with Crippen LogP contribution in [0.15, 0.2) is 48.5 Å². The molecule has 140 valence electrons. The summed E-state index contributed by atoms with van der Waals surface area (Å²) in [4.78, 5) is 29.1. The zero-order valence-electron chi connectivity index (χ0n) is 15.2. The average molecular weight is 383 g/mol. The van der Waals surface area contributed by atoms with Gasteiger partial charge in [0.15, 0.2) is 0 Å². The Hall–Kier alpha value is -2.33. The second-order valence-electron chi connectivity index (χ2n) is 7.40. The van der Waals surface area contributed by atoms with Crippen molar-refractivity contribution in [1.82, 2.24) is 9.80 Å². The highest BCUT2D eigenvalue weighted by Gasteiger charge is 2.36. The Morgan fingerprint density at radius 1 is 1.07 bits per heavy atom. The van der Waals surface area contributed by atoms with E-state index < -0.39 is 0 Å². The number of carbonyl (C=O) groups is 2. The highest BCUT2D eigenvalue weighted by atomic mass is 35.5. The van der Waals surface area contributed by atoms with Gasteiger partial charge in [-0.15, -0.1) is 0 Å². The summed E-state index contributed by atoms with van der Waals surface area (Å²) in [5, 5.41) is 0.713. The lowest BCUT2D eigenvalue weighted by atomic mass is 9.98. The molecule has 27 heavy (non-hydrogen) atoms. The third-order valence-corrected chi connectivity index (χ3v) is 5.84. The largest absolute Gasteiger partial charge is 0.342 e.